The van der Waals surface area contributed by atoms with Crippen molar-refractivity contribution in [2.24, 2.45) is 0 Å². The zero-order valence-corrected chi connectivity index (χ0v) is 8.42. The Hall–Kier alpha value is -0.851. The number of hydrogen-bond acceptors (Lipinski definition) is 1. The zero-order valence-electron chi connectivity index (χ0n) is 6.70. The van der Waals surface area contributed by atoms with Gasteiger partial charge in [-0.2, -0.15) is 0 Å². The molecule has 0 saturated carbocycles. The van der Waals surface area contributed by atoms with Crippen molar-refractivity contribution in [3.05, 3.63) is 45.0 Å². The Balaban J connectivity index is 2.99. The average Bonchev–Trinajstić information content (AvgIpc) is 2.04. The molecule has 1 nitrogen and oxygen atoms in total. The van der Waals surface area contributed by atoms with Crippen molar-refractivity contribution in [2.45, 2.75) is 6.92 Å². The van der Waals surface area contributed by atoms with Crippen LogP contribution >= 0.6 is 0 Å². The Morgan fingerprint density at radius 2 is 2.00 bits per heavy atom. The minimum atomic E-state index is 0.0100. The van der Waals surface area contributed by atoms with E-state index in [1.165, 1.54) is 9.65 Å². The standard InChI is InChI=1S/C10H8OSe/c1-7-6-10(11)12-9-5-3-2-4-8(7)9/h2-6H,1H3. The summed E-state index contributed by atoms with van der Waals surface area (Å²) < 4.78 is 1.49. The molecule has 0 fully saturated rings. The molecule has 0 spiro atoms. The van der Waals surface area contributed by atoms with Gasteiger partial charge in [0, 0.05) is 0 Å². The molecule has 60 valence electrons. The monoisotopic (exact) mass is 224 g/mol. The number of benzene rings is 1. The van der Waals surface area contributed by atoms with Crippen LogP contribution in [0.4, 0.5) is 0 Å². The van der Waals surface area contributed by atoms with Crippen molar-refractivity contribution in [1.29, 1.82) is 0 Å². The van der Waals surface area contributed by atoms with Gasteiger partial charge in [0.1, 0.15) is 0 Å². The van der Waals surface area contributed by atoms with Gasteiger partial charge in [0.15, 0.2) is 0 Å². The normalized spacial score (nSPS) is 10.4. The van der Waals surface area contributed by atoms with E-state index in [1.54, 1.807) is 6.07 Å². The van der Waals surface area contributed by atoms with E-state index in [0.717, 1.165) is 5.56 Å². The van der Waals surface area contributed by atoms with E-state index < -0.39 is 0 Å². The van der Waals surface area contributed by atoms with Crippen LogP contribution in [0.2, 0.25) is 0 Å². The van der Waals surface area contributed by atoms with Crippen molar-refractivity contribution in [3.8, 4) is 0 Å². The van der Waals surface area contributed by atoms with Crippen molar-refractivity contribution in [2.75, 3.05) is 0 Å². The molecule has 0 N–H and O–H groups in total. The summed E-state index contributed by atoms with van der Waals surface area (Å²) in [6.45, 7) is 1.99. The first-order valence-corrected chi connectivity index (χ1v) is 5.48. The minimum absolute atomic E-state index is 0.0100. The molecule has 2 heteroatoms. The van der Waals surface area contributed by atoms with Crippen LogP contribution in [-0.2, 0) is 0 Å². The van der Waals surface area contributed by atoms with E-state index in [-0.39, 0.29) is 18.8 Å². The first kappa shape index (κ1) is 7.78. The van der Waals surface area contributed by atoms with Gasteiger partial charge in [-0.1, -0.05) is 0 Å². The third-order valence-electron chi connectivity index (χ3n) is 1.86. The van der Waals surface area contributed by atoms with Crippen LogP contribution in [0.25, 0.3) is 9.65 Å². The molecule has 12 heavy (non-hydrogen) atoms. The number of hydrogen-bond donors (Lipinski definition) is 0. The van der Waals surface area contributed by atoms with Crippen LogP contribution in [0.3, 0.4) is 0 Å². The van der Waals surface area contributed by atoms with Gasteiger partial charge in [0.25, 0.3) is 0 Å². The number of rotatable bonds is 0. The Morgan fingerprint density at radius 3 is 2.83 bits per heavy atom. The maximum absolute atomic E-state index is 11.2. The van der Waals surface area contributed by atoms with Gasteiger partial charge in [-0.15, -0.1) is 0 Å². The Kier molecular flexibility index (Phi) is 1.87. The van der Waals surface area contributed by atoms with E-state index in [4.69, 9.17) is 0 Å². The van der Waals surface area contributed by atoms with Crippen molar-refractivity contribution in [1.82, 2.24) is 0 Å². The van der Waals surface area contributed by atoms with Crippen LogP contribution < -0.4 is 4.30 Å². The Morgan fingerprint density at radius 1 is 1.25 bits per heavy atom. The molecule has 0 amide bonds. The maximum atomic E-state index is 11.2. The van der Waals surface area contributed by atoms with Gasteiger partial charge in [-0.05, 0) is 0 Å². The van der Waals surface area contributed by atoms with Gasteiger partial charge in [0.05, 0.1) is 0 Å². The average molecular weight is 223 g/mol. The topological polar surface area (TPSA) is 17.1 Å². The molecule has 0 atom stereocenters. The van der Waals surface area contributed by atoms with E-state index in [9.17, 15) is 4.79 Å². The first-order valence-electron chi connectivity index (χ1n) is 3.77. The van der Waals surface area contributed by atoms with Crippen molar-refractivity contribution in [3.63, 3.8) is 0 Å². The Bertz CT molecular complexity index is 470. The van der Waals surface area contributed by atoms with Gasteiger partial charge >= 0.3 is 76.1 Å². The van der Waals surface area contributed by atoms with Crippen LogP contribution in [-0.4, -0.2) is 14.5 Å². The molecular weight excluding hydrogens is 215 g/mol. The fraction of sp³-hybridized carbons (Fsp3) is 0.100. The molecule has 0 bridgehead atoms. The summed E-state index contributed by atoms with van der Waals surface area (Å²) in [5, 5.41) is 1.25. The second-order valence-corrected chi connectivity index (χ2v) is 4.94. The molecule has 2 aromatic rings. The van der Waals surface area contributed by atoms with Gasteiger partial charge in [0.2, 0.25) is 0 Å². The Labute approximate surface area is 76.4 Å². The summed E-state index contributed by atoms with van der Waals surface area (Å²) in [6.07, 6.45) is 0. The summed E-state index contributed by atoms with van der Waals surface area (Å²) in [7, 11) is 0. The molecule has 0 radical (unpaired) electrons. The second kappa shape index (κ2) is 2.89. The molecule has 0 unspecified atom stereocenters. The van der Waals surface area contributed by atoms with Crippen molar-refractivity contribution >= 4 is 24.1 Å². The molecule has 1 heterocycles. The van der Waals surface area contributed by atoms with E-state index in [1.807, 2.05) is 25.1 Å². The molecule has 1 aromatic heterocycles. The van der Waals surface area contributed by atoms with Gasteiger partial charge < -0.3 is 0 Å². The van der Waals surface area contributed by atoms with Crippen LogP contribution in [0.1, 0.15) is 5.56 Å². The second-order valence-electron chi connectivity index (χ2n) is 2.74. The predicted octanol–water partition coefficient (Wildman–Crippen LogP) is 1.57. The number of aryl methyl sites for hydroxylation is 1. The molecule has 0 aliphatic carbocycles. The predicted molar refractivity (Wildman–Crippen MR) is 51.9 cm³/mol. The number of fused-ring (bicyclic) bond motifs is 1. The summed E-state index contributed by atoms with van der Waals surface area (Å²) in [6, 6.07) is 9.88. The molecule has 1 aromatic carbocycles. The van der Waals surface area contributed by atoms with E-state index in [0.29, 0.717) is 0 Å². The van der Waals surface area contributed by atoms with Gasteiger partial charge in [-0.3, -0.25) is 0 Å². The molecule has 2 rings (SSSR count). The first-order chi connectivity index (χ1) is 5.77. The summed E-state index contributed by atoms with van der Waals surface area (Å²) in [5.41, 5.74) is 1.10. The van der Waals surface area contributed by atoms with E-state index >= 15 is 0 Å². The van der Waals surface area contributed by atoms with E-state index in [2.05, 4.69) is 6.07 Å². The summed E-state index contributed by atoms with van der Waals surface area (Å²) in [5.74, 6) is 0. The molecule has 0 aliphatic rings. The van der Waals surface area contributed by atoms with Crippen molar-refractivity contribution < 1.29 is 0 Å². The fourth-order valence-corrected chi connectivity index (χ4v) is 3.24. The fourth-order valence-electron chi connectivity index (χ4n) is 1.27. The van der Waals surface area contributed by atoms with Crippen LogP contribution in [0, 0.1) is 6.92 Å². The molecule has 0 saturated heterocycles. The summed E-state index contributed by atoms with van der Waals surface area (Å²) >= 11 is 0.0100. The SMILES string of the molecule is Cc1cc(=O)[se]c2ccccc12. The summed E-state index contributed by atoms with van der Waals surface area (Å²) in [4.78, 5) is 11.2. The molecular formula is C10H8OSe. The van der Waals surface area contributed by atoms with Crippen LogP contribution in [0.15, 0.2) is 35.1 Å². The third-order valence-corrected chi connectivity index (χ3v) is 3.73. The quantitative estimate of drug-likeness (QED) is 0.619. The third kappa shape index (κ3) is 1.24. The zero-order chi connectivity index (χ0) is 8.55. The van der Waals surface area contributed by atoms with Crippen LogP contribution in [0.5, 0.6) is 0 Å². The van der Waals surface area contributed by atoms with Gasteiger partial charge in [-0.25, -0.2) is 0 Å². The molecule has 0 aliphatic heterocycles.